The van der Waals surface area contributed by atoms with E-state index >= 15 is 0 Å². The molecule has 0 saturated carbocycles. The highest BCUT2D eigenvalue weighted by atomic mass is 32.2. The highest BCUT2D eigenvalue weighted by Crippen LogP contribution is 2.13. The quantitative estimate of drug-likeness (QED) is 0.582. The van der Waals surface area contributed by atoms with Gasteiger partial charge in [-0.2, -0.15) is 4.99 Å². The molecule has 1 rings (SSSR count). The molecule has 1 aromatic heterocycles. The molecular formula is C8H8N2O2S2. The maximum atomic E-state index is 11.3. The number of hydrogen-bond acceptors (Lipinski definition) is 5. The standard InChI is InChI=1S/C8H8N2O2S2/c1-2-14(11,12)8-4-3-7(5-9-8)10-6-13/h3-5H,2H2,1H3. The zero-order valence-electron chi connectivity index (χ0n) is 7.47. The lowest BCUT2D eigenvalue weighted by Gasteiger charge is -1.98. The molecule has 0 fully saturated rings. The number of sulfone groups is 1. The second kappa shape index (κ2) is 4.41. The monoisotopic (exact) mass is 228 g/mol. The van der Waals surface area contributed by atoms with Crippen LogP contribution in [0, 0.1) is 0 Å². The summed E-state index contributed by atoms with van der Waals surface area (Å²) in [6.45, 7) is 1.57. The summed E-state index contributed by atoms with van der Waals surface area (Å²) in [7, 11) is -3.23. The summed E-state index contributed by atoms with van der Waals surface area (Å²) in [6, 6.07) is 2.94. The van der Waals surface area contributed by atoms with Gasteiger partial charge >= 0.3 is 0 Å². The number of aromatic nitrogens is 1. The van der Waals surface area contributed by atoms with E-state index in [0.717, 1.165) is 0 Å². The maximum absolute atomic E-state index is 11.3. The Labute approximate surface area is 87.6 Å². The van der Waals surface area contributed by atoms with Crippen molar-refractivity contribution in [2.24, 2.45) is 4.99 Å². The van der Waals surface area contributed by atoms with E-state index < -0.39 is 9.84 Å². The van der Waals surface area contributed by atoms with E-state index in [4.69, 9.17) is 0 Å². The van der Waals surface area contributed by atoms with Gasteiger partial charge in [-0.3, -0.25) is 0 Å². The first-order valence-electron chi connectivity index (χ1n) is 3.87. The van der Waals surface area contributed by atoms with Crippen LogP contribution in [0.3, 0.4) is 0 Å². The van der Waals surface area contributed by atoms with Crippen molar-refractivity contribution in [1.29, 1.82) is 0 Å². The molecule has 0 amide bonds. The Morgan fingerprint density at radius 3 is 2.71 bits per heavy atom. The van der Waals surface area contributed by atoms with Gasteiger partial charge < -0.3 is 0 Å². The number of nitrogens with zero attached hydrogens (tertiary/aromatic N) is 2. The Balaban J connectivity index is 3.12. The fourth-order valence-electron chi connectivity index (χ4n) is 0.823. The van der Waals surface area contributed by atoms with Crippen molar-refractivity contribution >= 4 is 32.9 Å². The topological polar surface area (TPSA) is 59.4 Å². The van der Waals surface area contributed by atoms with E-state index in [-0.39, 0.29) is 10.8 Å². The third-order valence-corrected chi connectivity index (χ3v) is 3.32. The molecule has 0 unspecified atom stereocenters. The van der Waals surface area contributed by atoms with Crippen molar-refractivity contribution in [1.82, 2.24) is 4.98 Å². The third-order valence-electron chi connectivity index (χ3n) is 1.59. The number of thiocarbonyl (C=S) groups is 1. The molecule has 0 radical (unpaired) electrons. The first-order chi connectivity index (χ1) is 6.60. The van der Waals surface area contributed by atoms with E-state index in [9.17, 15) is 8.42 Å². The lowest BCUT2D eigenvalue weighted by molar-refractivity contribution is 0.593. The summed E-state index contributed by atoms with van der Waals surface area (Å²) >= 11 is 4.40. The predicted molar refractivity (Wildman–Crippen MR) is 56.6 cm³/mol. The molecule has 14 heavy (non-hydrogen) atoms. The smallest absolute Gasteiger partial charge is 0.195 e. The fourth-order valence-corrected chi connectivity index (χ4v) is 1.71. The van der Waals surface area contributed by atoms with Gasteiger partial charge in [0.25, 0.3) is 0 Å². The average Bonchev–Trinajstić information content (AvgIpc) is 2.19. The van der Waals surface area contributed by atoms with Crippen molar-refractivity contribution in [2.45, 2.75) is 11.9 Å². The van der Waals surface area contributed by atoms with Gasteiger partial charge in [0, 0.05) is 0 Å². The maximum Gasteiger partial charge on any atom is 0.195 e. The zero-order chi connectivity index (χ0) is 10.6. The second-order valence-corrected chi connectivity index (χ2v) is 4.87. The lowest BCUT2D eigenvalue weighted by Crippen LogP contribution is -2.05. The Bertz CT molecular complexity index is 459. The average molecular weight is 228 g/mol. The molecule has 0 spiro atoms. The van der Waals surface area contributed by atoms with E-state index in [0.29, 0.717) is 5.69 Å². The van der Waals surface area contributed by atoms with Crippen molar-refractivity contribution in [2.75, 3.05) is 5.75 Å². The molecule has 0 N–H and O–H groups in total. The fraction of sp³-hybridized carbons (Fsp3) is 0.250. The largest absolute Gasteiger partial charge is 0.242 e. The van der Waals surface area contributed by atoms with Gasteiger partial charge in [-0.1, -0.05) is 6.92 Å². The summed E-state index contributed by atoms with van der Waals surface area (Å²) in [5.74, 6) is 0.0375. The van der Waals surface area contributed by atoms with Crippen LogP contribution in [-0.4, -0.2) is 24.3 Å². The van der Waals surface area contributed by atoms with E-state index in [1.165, 1.54) is 18.3 Å². The Morgan fingerprint density at radius 2 is 2.29 bits per heavy atom. The summed E-state index contributed by atoms with van der Waals surface area (Å²) in [4.78, 5) is 7.43. The predicted octanol–water partition coefficient (Wildman–Crippen LogP) is 1.61. The lowest BCUT2D eigenvalue weighted by atomic mass is 10.4. The summed E-state index contributed by atoms with van der Waals surface area (Å²) in [5.41, 5.74) is 0.495. The number of isothiocyanates is 1. The van der Waals surface area contributed by atoms with Gasteiger partial charge in [-0.05, 0) is 24.4 Å². The van der Waals surface area contributed by atoms with Crippen molar-refractivity contribution < 1.29 is 8.42 Å². The van der Waals surface area contributed by atoms with Gasteiger partial charge in [0.1, 0.15) is 0 Å². The van der Waals surface area contributed by atoms with E-state index in [1.54, 1.807) is 6.92 Å². The van der Waals surface area contributed by atoms with Crippen LogP contribution >= 0.6 is 12.2 Å². The molecule has 0 atom stereocenters. The molecule has 74 valence electrons. The Morgan fingerprint density at radius 1 is 1.57 bits per heavy atom. The normalized spacial score (nSPS) is 10.6. The molecule has 0 aliphatic rings. The Hall–Kier alpha value is -1.10. The van der Waals surface area contributed by atoms with Crippen LogP contribution in [0.15, 0.2) is 28.3 Å². The molecule has 1 aromatic rings. The van der Waals surface area contributed by atoms with Gasteiger partial charge in [-0.15, -0.1) is 0 Å². The van der Waals surface area contributed by atoms with Crippen molar-refractivity contribution in [3.05, 3.63) is 18.3 Å². The molecule has 1 heterocycles. The molecule has 4 nitrogen and oxygen atoms in total. The summed E-state index contributed by atoms with van der Waals surface area (Å²) in [6.07, 6.45) is 1.35. The van der Waals surface area contributed by atoms with E-state index in [1.807, 2.05) is 0 Å². The highest BCUT2D eigenvalue weighted by molar-refractivity contribution is 7.91. The number of rotatable bonds is 3. The van der Waals surface area contributed by atoms with Crippen molar-refractivity contribution in [3.63, 3.8) is 0 Å². The summed E-state index contributed by atoms with van der Waals surface area (Å²) in [5, 5.41) is 2.23. The summed E-state index contributed by atoms with van der Waals surface area (Å²) < 4.78 is 22.7. The minimum atomic E-state index is -3.23. The SMILES string of the molecule is CCS(=O)(=O)c1ccc(N=C=S)cn1. The third kappa shape index (κ3) is 2.45. The van der Waals surface area contributed by atoms with Crippen LogP contribution in [0.5, 0.6) is 0 Å². The molecule has 6 heteroatoms. The number of hydrogen-bond donors (Lipinski definition) is 0. The molecular weight excluding hydrogens is 220 g/mol. The van der Waals surface area contributed by atoms with Crippen LogP contribution < -0.4 is 0 Å². The van der Waals surface area contributed by atoms with Gasteiger partial charge in [-0.25, -0.2) is 13.4 Å². The van der Waals surface area contributed by atoms with Crippen LogP contribution in [-0.2, 0) is 9.84 Å². The highest BCUT2D eigenvalue weighted by Gasteiger charge is 2.12. The van der Waals surface area contributed by atoms with Gasteiger partial charge in [0.05, 0.1) is 22.8 Å². The van der Waals surface area contributed by atoms with Crippen molar-refractivity contribution in [3.8, 4) is 0 Å². The molecule has 0 bridgehead atoms. The Kier molecular flexibility index (Phi) is 3.46. The first kappa shape index (κ1) is 11.0. The number of aliphatic imine (C=N–C) groups is 1. The molecule has 0 aromatic carbocycles. The van der Waals surface area contributed by atoms with Crippen LogP contribution in [0.4, 0.5) is 5.69 Å². The van der Waals surface area contributed by atoms with Gasteiger partial charge in [0.2, 0.25) is 0 Å². The minimum Gasteiger partial charge on any atom is -0.242 e. The zero-order valence-corrected chi connectivity index (χ0v) is 9.10. The minimum absolute atomic E-state index is 0.0375. The number of pyridine rings is 1. The van der Waals surface area contributed by atoms with Gasteiger partial charge in [0.15, 0.2) is 14.9 Å². The van der Waals surface area contributed by atoms with Crippen LogP contribution in [0.1, 0.15) is 6.92 Å². The first-order valence-corrected chi connectivity index (χ1v) is 5.93. The molecule has 0 saturated heterocycles. The van der Waals surface area contributed by atoms with Crippen LogP contribution in [0.25, 0.3) is 0 Å². The van der Waals surface area contributed by atoms with Crippen LogP contribution in [0.2, 0.25) is 0 Å². The molecule has 0 aliphatic heterocycles. The molecule has 0 aliphatic carbocycles. The van der Waals surface area contributed by atoms with E-state index in [2.05, 4.69) is 27.4 Å². The second-order valence-electron chi connectivity index (χ2n) is 2.46.